The average Bonchev–Trinajstić information content (AvgIpc) is 3.49. The lowest BCUT2D eigenvalue weighted by Gasteiger charge is -2.32. The predicted octanol–water partition coefficient (Wildman–Crippen LogP) is 7.05. The minimum absolute atomic E-state index is 0.0367. The van der Waals surface area contributed by atoms with Gasteiger partial charge in [0.25, 0.3) is 0 Å². The van der Waals surface area contributed by atoms with Gasteiger partial charge in [-0.3, -0.25) is 4.79 Å². The molecular weight excluding hydrogens is 588 g/mol. The molecule has 0 amide bonds. The van der Waals surface area contributed by atoms with Crippen molar-refractivity contribution in [3.05, 3.63) is 94.6 Å². The van der Waals surface area contributed by atoms with Crippen LogP contribution in [0, 0.1) is 0 Å². The summed E-state index contributed by atoms with van der Waals surface area (Å²) >= 11 is 0. The zero-order chi connectivity index (χ0) is 32.3. The first-order chi connectivity index (χ1) is 22.4. The van der Waals surface area contributed by atoms with E-state index in [0.717, 1.165) is 16.9 Å². The Morgan fingerprint density at radius 1 is 0.696 bits per heavy atom. The number of rotatable bonds is 12. The highest BCUT2D eigenvalue weighted by Gasteiger charge is 2.37. The van der Waals surface area contributed by atoms with Gasteiger partial charge in [-0.1, -0.05) is 42.5 Å². The van der Waals surface area contributed by atoms with Crippen LogP contribution in [0.3, 0.4) is 0 Å². The van der Waals surface area contributed by atoms with Gasteiger partial charge in [-0.25, -0.2) is 0 Å². The third kappa shape index (κ3) is 5.47. The Kier molecular flexibility index (Phi) is 8.52. The van der Waals surface area contributed by atoms with Crippen molar-refractivity contribution in [2.75, 3.05) is 52.8 Å². The summed E-state index contributed by atoms with van der Waals surface area (Å²) < 4.78 is 40.5. The Bertz CT molecular complexity index is 1870. The zero-order valence-corrected chi connectivity index (χ0v) is 26.4. The smallest absolute Gasteiger partial charge is 0.239 e. The topological polar surface area (TPSA) is 110 Å². The van der Waals surface area contributed by atoms with Crippen LogP contribution >= 0.6 is 0 Å². The summed E-state index contributed by atoms with van der Waals surface area (Å²) in [4.78, 5) is 14.2. The number of para-hydroxylation sites is 2. The van der Waals surface area contributed by atoms with Gasteiger partial charge < -0.3 is 43.5 Å². The quantitative estimate of drug-likeness (QED) is 0.140. The molecule has 0 atom stereocenters. The minimum Gasteiger partial charge on any atom is -0.496 e. The molecule has 0 fully saturated rings. The van der Waals surface area contributed by atoms with Gasteiger partial charge in [0.1, 0.15) is 28.1 Å². The van der Waals surface area contributed by atoms with Crippen LogP contribution in [0.1, 0.15) is 18.4 Å². The highest BCUT2D eigenvalue weighted by molar-refractivity contribution is 5.89. The number of hydrogen-bond donors (Lipinski definition) is 2. The first-order valence-electron chi connectivity index (χ1n) is 14.8. The molecule has 0 radical (unpaired) electrons. The zero-order valence-electron chi connectivity index (χ0n) is 26.4. The van der Waals surface area contributed by atoms with E-state index in [2.05, 4.69) is 34.9 Å². The van der Waals surface area contributed by atoms with Crippen molar-refractivity contribution >= 4 is 22.3 Å². The lowest BCUT2D eigenvalue weighted by atomic mass is 9.95. The molecule has 0 saturated heterocycles. The van der Waals surface area contributed by atoms with Crippen molar-refractivity contribution in [2.45, 2.75) is 18.5 Å². The molecule has 238 valence electrons. The lowest BCUT2D eigenvalue weighted by Crippen LogP contribution is -2.39. The largest absolute Gasteiger partial charge is 0.496 e. The van der Waals surface area contributed by atoms with Crippen LogP contribution in [0.15, 0.2) is 88.1 Å². The maximum atomic E-state index is 14.2. The molecule has 1 aliphatic rings. The van der Waals surface area contributed by atoms with E-state index in [0.29, 0.717) is 47.2 Å². The van der Waals surface area contributed by atoms with E-state index in [1.807, 2.05) is 30.3 Å². The van der Waals surface area contributed by atoms with Crippen LogP contribution < -0.4 is 44.5 Å². The van der Waals surface area contributed by atoms with E-state index in [1.165, 1.54) is 35.5 Å². The molecule has 0 saturated carbocycles. The molecule has 0 unspecified atom stereocenters. The van der Waals surface area contributed by atoms with Crippen LogP contribution in [0.4, 0.5) is 11.4 Å². The molecule has 10 nitrogen and oxygen atoms in total. The minimum atomic E-state index is -0.554. The Morgan fingerprint density at radius 2 is 1.33 bits per heavy atom. The van der Waals surface area contributed by atoms with Gasteiger partial charge in [-0.05, 0) is 42.7 Å². The summed E-state index contributed by atoms with van der Waals surface area (Å²) in [6.07, 6.45) is 1.25. The van der Waals surface area contributed by atoms with Crippen molar-refractivity contribution in [1.29, 1.82) is 0 Å². The van der Waals surface area contributed by atoms with E-state index in [1.54, 1.807) is 24.3 Å². The van der Waals surface area contributed by atoms with E-state index in [4.69, 9.17) is 32.8 Å². The molecule has 2 heterocycles. The van der Waals surface area contributed by atoms with E-state index >= 15 is 0 Å². The van der Waals surface area contributed by atoms with Crippen molar-refractivity contribution in [1.82, 2.24) is 0 Å². The molecule has 0 spiro atoms. The van der Waals surface area contributed by atoms with Gasteiger partial charge in [0, 0.05) is 17.7 Å². The normalized spacial score (nSPS) is 12.9. The Labute approximate surface area is 266 Å². The fraction of sp³-hybridized carbons (Fsp3) is 0.250. The fourth-order valence-corrected chi connectivity index (χ4v) is 5.90. The van der Waals surface area contributed by atoms with Gasteiger partial charge in [0.15, 0.2) is 17.3 Å². The molecule has 1 aromatic heterocycles. The monoisotopic (exact) mass is 624 g/mol. The maximum Gasteiger partial charge on any atom is 0.239 e. The molecule has 0 aliphatic carbocycles. The number of fused-ring (bicyclic) bond motifs is 2. The number of hydrogen-bond acceptors (Lipinski definition) is 10. The Morgan fingerprint density at radius 3 is 1.91 bits per heavy atom. The summed E-state index contributed by atoms with van der Waals surface area (Å²) in [6.45, 7) is 0.223. The van der Waals surface area contributed by atoms with Crippen molar-refractivity contribution < 1.29 is 32.8 Å². The molecule has 5 aromatic rings. The molecule has 6 rings (SSSR count). The van der Waals surface area contributed by atoms with E-state index in [-0.39, 0.29) is 34.5 Å². The second-order valence-electron chi connectivity index (χ2n) is 10.7. The van der Waals surface area contributed by atoms with Crippen LogP contribution in [-0.2, 0) is 5.66 Å². The molecule has 46 heavy (non-hydrogen) atoms. The molecule has 10 heteroatoms. The van der Waals surface area contributed by atoms with Gasteiger partial charge in [-0.15, -0.1) is 0 Å². The Balaban J connectivity index is 1.39. The second kappa shape index (κ2) is 12.8. The number of anilines is 2. The van der Waals surface area contributed by atoms with Crippen LogP contribution in [0.25, 0.3) is 22.3 Å². The first-order valence-corrected chi connectivity index (χ1v) is 14.8. The maximum absolute atomic E-state index is 14.2. The fourth-order valence-electron chi connectivity index (χ4n) is 5.90. The van der Waals surface area contributed by atoms with Crippen LogP contribution in [-0.4, -0.2) is 42.2 Å². The van der Waals surface area contributed by atoms with Crippen LogP contribution in [0.5, 0.6) is 34.5 Å². The summed E-state index contributed by atoms with van der Waals surface area (Å²) in [5.41, 5.74) is 2.98. The van der Waals surface area contributed by atoms with Crippen molar-refractivity contribution in [3.63, 3.8) is 0 Å². The van der Waals surface area contributed by atoms with E-state index in [9.17, 15) is 4.79 Å². The average molecular weight is 625 g/mol. The summed E-state index contributed by atoms with van der Waals surface area (Å²) in [6, 6.07) is 25.0. The number of ether oxygens (including phenoxy) is 6. The van der Waals surface area contributed by atoms with Crippen LogP contribution in [0.2, 0.25) is 0 Å². The highest BCUT2D eigenvalue weighted by Crippen LogP contribution is 2.45. The van der Waals surface area contributed by atoms with Gasteiger partial charge in [0.05, 0.1) is 53.5 Å². The lowest BCUT2D eigenvalue weighted by molar-refractivity contribution is 0.286. The highest BCUT2D eigenvalue weighted by atomic mass is 16.5. The third-order valence-corrected chi connectivity index (χ3v) is 8.11. The van der Waals surface area contributed by atoms with Gasteiger partial charge >= 0.3 is 0 Å². The molecule has 4 aromatic carbocycles. The molecular formula is C36H36N2O8. The summed E-state index contributed by atoms with van der Waals surface area (Å²) in [5.74, 6) is 2.23. The van der Waals surface area contributed by atoms with E-state index < -0.39 is 5.66 Å². The Hall–Kier alpha value is -5.51. The molecule has 1 aliphatic heterocycles. The van der Waals surface area contributed by atoms with Gasteiger partial charge in [-0.2, -0.15) is 0 Å². The number of benzene rings is 4. The summed E-state index contributed by atoms with van der Waals surface area (Å²) in [7, 11) is 7.60. The number of nitrogens with one attached hydrogen (secondary N) is 2. The van der Waals surface area contributed by atoms with Crippen molar-refractivity contribution in [3.8, 4) is 45.8 Å². The first kappa shape index (κ1) is 30.5. The molecule has 2 N–H and O–H groups in total. The standard InChI is InChI=1S/C36H36N2O8/c1-40-24-20-27(41-2)31-28(21-24)46-33(22-18-29(42-3)34(44-5)30(19-22)43-4)35(32(31)39)45-17-11-16-36(23-12-7-6-8-13-23)37-25-14-9-10-15-26(25)38-36/h6-10,12-15,18-21,37-38H,11,16-17H2,1-5H3. The van der Waals surface area contributed by atoms with Gasteiger partial charge in [0.2, 0.25) is 16.9 Å². The molecule has 0 bridgehead atoms. The number of methoxy groups -OCH3 is 5. The SMILES string of the molecule is COc1cc(OC)c2c(=O)c(OCCCC3(c4ccccc4)Nc4ccccc4N3)c(-c3cc(OC)c(OC)c(OC)c3)oc2c1. The second-order valence-corrected chi connectivity index (χ2v) is 10.7. The summed E-state index contributed by atoms with van der Waals surface area (Å²) in [5, 5.41) is 7.61. The third-order valence-electron chi connectivity index (χ3n) is 8.11. The van der Waals surface area contributed by atoms with Crippen molar-refractivity contribution in [2.24, 2.45) is 0 Å². The predicted molar refractivity (Wildman–Crippen MR) is 177 cm³/mol.